The largest absolute Gasteiger partial charge is 0.350 e. The molecule has 0 spiro atoms. The predicted molar refractivity (Wildman–Crippen MR) is 93.2 cm³/mol. The molecule has 6 nitrogen and oxygen atoms in total. The van der Waals surface area contributed by atoms with Gasteiger partial charge in [-0.1, -0.05) is 18.2 Å². The number of hydrogen-bond donors (Lipinski definition) is 2. The average molecular weight is 356 g/mol. The van der Waals surface area contributed by atoms with Crippen molar-refractivity contribution in [3.8, 4) is 0 Å². The average Bonchev–Trinajstić information content (AvgIpc) is 3.18. The number of carbonyl (C=O) groups is 1. The highest BCUT2D eigenvalue weighted by Gasteiger charge is 2.27. The Kier molecular flexibility index (Phi) is 6.15. The summed E-state index contributed by atoms with van der Waals surface area (Å²) in [4.78, 5) is 13.4. The Hall–Kier alpha value is -1.44. The smallest absolute Gasteiger partial charge is 0.273 e. The molecule has 1 saturated heterocycles. The zero-order valence-corrected chi connectivity index (χ0v) is 14.8. The minimum Gasteiger partial charge on any atom is -0.350 e. The second-order valence-corrected chi connectivity index (χ2v) is 7.16. The predicted octanol–water partition coefficient (Wildman–Crippen LogP) is 1.93. The first-order valence-electron chi connectivity index (χ1n) is 7.56. The first-order chi connectivity index (χ1) is 10.6. The molecule has 0 unspecified atom stereocenters. The summed E-state index contributed by atoms with van der Waals surface area (Å²) in [6.45, 7) is 5.60. The molecule has 0 radical (unpaired) electrons. The lowest BCUT2D eigenvalue weighted by molar-refractivity contribution is 0.0917. The molecule has 0 aliphatic carbocycles. The zero-order valence-electron chi connectivity index (χ0n) is 13.1. The van der Waals surface area contributed by atoms with E-state index >= 15 is 0 Å². The molecule has 2 N–H and O–H groups in total. The van der Waals surface area contributed by atoms with Crippen molar-refractivity contribution >= 4 is 29.7 Å². The lowest BCUT2D eigenvalue weighted by atomic mass is 9.81. The summed E-state index contributed by atoms with van der Waals surface area (Å²) >= 11 is 1.67. The van der Waals surface area contributed by atoms with Crippen LogP contribution in [0.3, 0.4) is 0 Å². The summed E-state index contributed by atoms with van der Waals surface area (Å²) in [5, 5.41) is 16.4. The number of carbonyl (C=O) groups excluding carboxylic acids is 1. The van der Waals surface area contributed by atoms with Crippen LogP contribution in [0.1, 0.15) is 35.1 Å². The molecule has 1 fully saturated rings. The molecule has 1 aliphatic rings. The molecule has 1 aliphatic heterocycles. The Morgan fingerprint density at radius 1 is 1.48 bits per heavy atom. The van der Waals surface area contributed by atoms with Gasteiger partial charge in [-0.3, -0.25) is 4.79 Å². The first-order valence-corrected chi connectivity index (χ1v) is 8.44. The van der Waals surface area contributed by atoms with Crippen molar-refractivity contribution in [2.75, 3.05) is 19.6 Å². The van der Waals surface area contributed by atoms with Gasteiger partial charge in [-0.2, -0.15) is 0 Å². The van der Waals surface area contributed by atoms with Gasteiger partial charge in [0.15, 0.2) is 5.69 Å². The van der Waals surface area contributed by atoms with Gasteiger partial charge in [0, 0.05) is 11.4 Å². The molecule has 0 bridgehead atoms. The quantitative estimate of drug-likeness (QED) is 0.859. The number of halogens is 1. The van der Waals surface area contributed by atoms with E-state index < -0.39 is 0 Å². The third kappa shape index (κ3) is 4.76. The molecule has 3 rings (SSSR count). The van der Waals surface area contributed by atoms with Crippen molar-refractivity contribution in [2.24, 2.45) is 5.41 Å². The van der Waals surface area contributed by atoms with Crippen LogP contribution in [0.25, 0.3) is 0 Å². The van der Waals surface area contributed by atoms with E-state index in [-0.39, 0.29) is 23.7 Å². The second kappa shape index (κ2) is 7.90. The first kappa shape index (κ1) is 17.9. The fourth-order valence-electron chi connectivity index (χ4n) is 2.63. The highest BCUT2D eigenvalue weighted by molar-refractivity contribution is 7.09. The van der Waals surface area contributed by atoms with Gasteiger partial charge in [-0.25, -0.2) is 4.68 Å². The summed E-state index contributed by atoms with van der Waals surface area (Å²) in [6.07, 6.45) is 3.87. The van der Waals surface area contributed by atoms with E-state index in [2.05, 4.69) is 27.9 Å². The van der Waals surface area contributed by atoms with Gasteiger partial charge < -0.3 is 10.6 Å². The molecular weight excluding hydrogens is 334 g/mol. The number of piperidine rings is 1. The van der Waals surface area contributed by atoms with E-state index in [4.69, 9.17) is 0 Å². The van der Waals surface area contributed by atoms with Gasteiger partial charge in [0.1, 0.15) is 0 Å². The number of nitrogens with zero attached hydrogens (tertiary/aromatic N) is 3. The lowest BCUT2D eigenvalue weighted by Gasteiger charge is -2.33. The normalized spacial score (nSPS) is 16.6. The molecule has 23 heavy (non-hydrogen) atoms. The van der Waals surface area contributed by atoms with Gasteiger partial charge in [0.2, 0.25) is 0 Å². The van der Waals surface area contributed by atoms with Crippen LogP contribution in [-0.2, 0) is 6.54 Å². The van der Waals surface area contributed by atoms with E-state index in [0.717, 1.165) is 25.9 Å². The molecule has 3 heterocycles. The van der Waals surface area contributed by atoms with Gasteiger partial charge in [0.25, 0.3) is 5.91 Å². The summed E-state index contributed by atoms with van der Waals surface area (Å²) in [5.74, 6) is -0.141. The maximum atomic E-state index is 12.2. The van der Waals surface area contributed by atoms with E-state index in [1.54, 1.807) is 22.2 Å². The van der Waals surface area contributed by atoms with Crippen molar-refractivity contribution in [3.63, 3.8) is 0 Å². The Balaban J connectivity index is 0.00000192. The fraction of sp³-hybridized carbons (Fsp3) is 0.533. The van der Waals surface area contributed by atoms with E-state index in [0.29, 0.717) is 18.8 Å². The van der Waals surface area contributed by atoms with E-state index in [9.17, 15) is 4.79 Å². The van der Waals surface area contributed by atoms with Gasteiger partial charge >= 0.3 is 0 Å². The lowest BCUT2D eigenvalue weighted by Crippen LogP contribution is -2.43. The summed E-state index contributed by atoms with van der Waals surface area (Å²) in [5.41, 5.74) is 0.558. The monoisotopic (exact) mass is 355 g/mol. The van der Waals surface area contributed by atoms with Crippen LogP contribution in [0.2, 0.25) is 0 Å². The minimum absolute atomic E-state index is 0. The van der Waals surface area contributed by atoms with Crippen molar-refractivity contribution in [1.29, 1.82) is 0 Å². The highest BCUT2D eigenvalue weighted by atomic mass is 35.5. The molecule has 0 aromatic carbocycles. The minimum atomic E-state index is -0.141. The van der Waals surface area contributed by atoms with Crippen LogP contribution in [-0.4, -0.2) is 40.5 Å². The number of rotatable bonds is 5. The summed E-state index contributed by atoms with van der Waals surface area (Å²) < 4.78 is 1.70. The Labute approximate surface area is 146 Å². The molecule has 8 heteroatoms. The van der Waals surface area contributed by atoms with E-state index in [1.807, 2.05) is 17.5 Å². The molecule has 126 valence electrons. The van der Waals surface area contributed by atoms with Crippen LogP contribution >= 0.6 is 23.7 Å². The van der Waals surface area contributed by atoms with Crippen molar-refractivity contribution in [2.45, 2.75) is 26.3 Å². The van der Waals surface area contributed by atoms with Crippen molar-refractivity contribution < 1.29 is 4.79 Å². The van der Waals surface area contributed by atoms with Crippen molar-refractivity contribution in [1.82, 2.24) is 25.6 Å². The Morgan fingerprint density at radius 3 is 2.96 bits per heavy atom. The van der Waals surface area contributed by atoms with Gasteiger partial charge in [0.05, 0.1) is 12.7 Å². The maximum absolute atomic E-state index is 12.2. The summed E-state index contributed by atoms with van der Waals surface area (Å²) in [7, 11) is 0. The molecule has 2 aromatic rings. The van der Waals surface area contributed by atoms with Crippen molar-refractivity contribution in [3.05, 3.63) is 34.3 Å². The molecular formula is C15H22ClN5OS. The van der Waals surface area contributed by atoms with Crippen LogP contribution in [0.15, 0.2) is 23.7 Å². The van der Waals surface area contributed by atoms with Gasteiger partial charge in [-0.05, 0) is 42.8 Å². The molecule has 2 aromatic heterocycles. The molecule has 0 atom stereocenters. The maximum Gasteiger partial charge on any atom is 0.273 e. The highest BCUT2D eigenvalue weighted by Crippen LogP contribution is 2.26. The third-order valence-electron chi connectivity index (χ3n) is 4.16. The molecule has 0 saturated carbocycles. The number of hydrogen-bond acceptors (Lipinski definition) is 5. The number of thiophene rings is 1. The molecule has 1 amide bonds. The Morgan fingerprint density at radius 2 is 2.26 bits per heavy atom. The fourth-order valence-corrected chi connectivity index (χ4v) is 3.33. The second-order valence-electron chi connectivity index (χ2n) is 6.12. The standard InChI is InChI=1S/C15H21N5OS.ClH/c1-15(4-6-16-7-5-15)11-17-14(21)13-10-20(19-18-13)9-12-3-2-8-22-12;/h2-3,8,10,16H,4-7,9,11H2,1H3,(H,17,21);1H. The van der Waals surface area contributed by atoms with Crippen LogP contribution in [0.4, 0.5) is 0 Å². The Bertz CT molecular complexity index is 622. The van der Waals surface area contributed by atoms with E-state index in [1.165, 1.54) is 4.88 Å². The number of aromatic nitrogens is 3. The number of amides is 1. The van der Waals surface area contributed by atoms with Crippen LogP contribution in [0, 0.1) is 5.41 Å². The van der Waals surface area contributed by atoms with Crippen LogP contribution in [0.5, 0.6) is 0 Å². The van der Waals surface area contributed by atoms with Gasteiger partial charge in [-0.15, -0.1) is 28.8 Å². The topological polar surface area (TPSA) is 71.8 Å². The number of nitrogens with one attached hydrogen (secondary N) is 2. The zero-order chi connectivity index (χ0) is 15.4. The SMILES string of the molecule is CC1(CNC(=O)c2cn(Cc3cccs3)nn2)CCNCC1.Cl. The third-order valence-corrected chi connectivity index (χ3v) is 5.02. The summed E-state index contributed by atoms with van der Waals surface area (Å²) in [6, 6.07) is 4.05. The van der Waals surface area contributed by atoms with Crippen LogP contribution < -0.4 is 10.6 Å².